The van der Waals surface area contributed by atoms with Crippen molar-refractivity contribution in [2.24, 2.45) is 0 Å². The topological polar surface area (TPSA) is 50.2 Å². The number of hydrogen-bond donors (Lipinski definition) is 1. The van der Waals surface area contributed by atoms with Gasteiger partial charge in [-0.2, -0.15) is 0 Å². The van der Waals surface area contributed by atoms with E-state index in [2.05, 4.69) is 0 Å². The Hall–Kier alpha value is -0.860. The average molecular weight is 157 g/mol. The van der Waals surface area contributed by atoms with Gasteiger partial charge < -0.3 is 10.1 Å². The Kier molecular flexibility index (Phi) is 5.43. The van der Waals surface area contributed by atoms with Gasteiger partial charge in [0.05, 0.1) is 6.42 Å². The number of hydrogen-bond acceptors (Lipinski definition) is 3. The number of esters is 1. The van der Waals surface area contributed by atoms with Gasteiger partial charge >= 0.3 is 5.97 Å². The molecule has 0 fully saturated rings. The smallest absolute Gasteiger partial charge is 0.311 e. The predicted octanol–water partition coefficient (Wildman–Crippen LogP) is 1.76. The molecule has 0 saturated carbocycles. The fourth-order valence-corrected chi connectivity index (χ4v) is 0.773. The lowest BCUT2D eigenvalue weighted by molar-refractivity contribution is -0.147. The highest BCUT2D eigenvalue weighted by Crippen LogP contribution is 2.03. The van der Waals surface area contributed by atoms with E-state index in [9.17, 15) is 4.79 Å². The molecule has 0 aliphatic rings. The quantitative estimate of drug-likeness (QED) is 0.488. The molecule has 11 heavy (non-hydrogen) atoms. The Morgan fingerprint density at radius 1 is 1.55 bits per heavy atom. The molecular formula is C8H15NO2. The van der Waals surface area contributed by atoms with Crippen molar-refractivity contribution >= 4 is 12.2 Å². The normalized spacial score (nSPS) is 9.73. The first-order valence-electron chi connectivity index (χ1n) is 3.93. The maximum absolute atomic E-state index is 10.8. The van der Waals surface area contributed by atoms with Crippen molar-refractivity contribution in [3.8, 4) is 0 Å². The van der Waals surface area contributed by atoms with E-state index in [4.69, 9.17) is 10.1 Å². The monoisotopic (exact) mass is 157 g/mol. The molecule has 0 heterocycles. The summed E-state index contributed by atoms with van der Waals surface area (Å²) in [5, 5.41) is 6.67. The van der Waals surface area contributed by atoms with Gasteiger partial charge in [-0.15, -0.1) is 0 Å². The zero-order valence-electron chi connectivity index (χ0n) is 7.09. The lowest BCUT2D eigenvalue weighted by atomic mass is 10.2. The molecule has 64 valence electrons. The summed E-state index contributed by atoms with van der Waals surface area (Å²) >= 11 is 0. The first-order chi connectivity index (χ1) is 5.24. The van der Waals surface area contributed by atoms with Gasteiger partial charge in [-0.25, -0.2) is 0 Å². The van der Waals surface area contributed by atoms with E-state index in [0.717, 1.165) is 19.1 Å². The summed E-state index contributed by atoms with van der Waals surface area (Å²) in [7, 11) is 0. The van der Waals surface area contributed by atoms with E-state index in [1.165, 1.54) is 0 Å². The zero-order chi connectivity index (χ0) is 8.69. The number of carbonyl (C=O) groups is 1. The first-order valence-corrected chi connectivity index (χ1v) is 3.93. The number of nitrogens with one attached hydrogen (secondary N) is 1. The van der Waals surface area contributed by atoms with Gasteiger partial charge in [-0.1, -0.05) is 13.8 Å². The number of rotatable bonds is 5. The fraction of sp³-hybridized carbons (Fsp3) is 0.750. The summed E-state index contributed by atoms with van der Waals surface area (Å²) < 4.78 is 5.00. The molecule has 0 aromatic heterocycles. The molecule has 0 saturated heterocycles. The molecule has 0 aliphatic heterocycles. The van der Waals surface area contributed by atoms with E-state index in [1.807, 2.05) is 13.8 Å². The number of ether oxygens (including phenoxy) is 1. The van der Waals surface area contributed by atoms with Gasteiger partial charge in [-0.3, -0.25) is 4.79 Å². The van der Waals surface area contributed by atoms with E-state index in [0.29, 0.717) is 0 Å². The Bertz CT molecular complexity index is 130. The summed E-state index contributed by atoms with van der Waals surface area (Å²) in [5.74, 6) is -0.297. The third-order valence-electron chi connectivity index (χ3n) is 1.48. The Morgan fingerprint density at radius 2 is 2.09 bits per heavy atom. The van der Waals surface area contributed by atoms with Crippen molar-refractivity contribution in [2.45, 2.75) is 39.2 Å². The minimum atomic E-state index is -0.297. The van der Waals surface area contributed by atoms with E-state index in [-0.39, 0.29) is 18.5 Å². The van der Waals surface area contributed by atoms with Crippen molar-refractivity contribution in [1.82, 2.24) is 0 Å². The SMILES string of the molecule is CCC(CC)OC(=O)CC=N. The van der Waals surface area contributed by atoms with E-state index in [1.54, 1.807) is 0 Å². The summed E-state index contributed by atoms with van der Waals surface area (Å²) in [4.78, 5) is 10.8. The molecule has 0 aliphatic carbocycles. The largest absolute Gasteiger partial charge is 0.462 e. The first kappa shape index (κ1) is 10.1. The van der Waals surface area contributed by atoms with Crippen LogP contribution in [0.4, 0.5) is 0 Å². The third-order valence-corrected chi connectivity index (χ3v) is 1.48. The molecule has 0 bridgehead atoms. The molecule has 0 rings (SSSR count). The van der Waals surface area contributed by atoms with Gasteiger partial charge in [0, 0.05) is 6.21 Å². The molecule has 0 atom stereocenters. The van der Waals surface area contributed by atoms with Crippen LogP contribution in [0.1, 0.15) is 33.1 Å². The van der Waals surface area contributed by atoms with Crippen molar-refractivity contribution in [3.05, 3.63) is 0 Å². The second-order valence-electron chi connectivity index (χ2n) is 2.34. The van der Waals surface area contributed by atoms with Crippen LogP contribution in [-0.2, 0) is 9.53 Å². The Balaban J connectivity index is 3.62. The van der Waals surface area contributed by atoms with Gasteiger partial charge in [-0.05, 0) is 12.8 Å². The maximum Gasteiger partial charge on any atom is 0.311 e. The lowest BCUT2D eigenvalue weighted by Gasteiger charge is -2.12. The standard InChI is InChI=1S/C8H15NO2/c1-3-7(4-2)11-8(10)5-6-9/h6-7,9H,3-5H2,1-2H3. The molecule has 0 radical (unpaired) electrons. The van der Waals surface area contributed by atoms with Gasteiger partial charge in [0.25, 0.3) is 0 Å². The molecule has 0 unspecified atom stereocenters. The minimum absolute atomic E-state index is 0.0300. The molecule has 0 aromatic rings. The fourth-order valence-electron chi connectivity index (χ4n) is 0.773. The van der Waals surface area contributed by atoms with Crippen molar-refractivity contribution < 1.29 is 9.53 Å². The zero-order valence-corrected chi connectivity index (χ0v) is 7.09. The van der Waals surface area contributed by atoms with Gasteiger partial charge in [0.1, 0.15) is 6.10 Å². The second-order valence-corrected chi connectivity index (χ2v) is 2.34. The summed E-state index contributed by atoms with van der Waals surface area (Å²) in [6.45, 7) is 3.96. The van der Waals surface area contributed by atoms with E-state index < -0.39 is 0 Å². The van der Waals surface area contributed by atoms with Crippen LogP contribution in [0.3, 0.4) is 0 Å². The summed E-state index contributed by atoms with van der Waals surface area (Å²) in [6.07, 6.45) is 2.88. The molecule has 0 amide bonds. The van der Waals surface area contributed by atoms with Crippen LogP contribution in [0.25, 0.3) is 0 Å². The van der Waals surface area contributed by atoms with Crippen LogP contribution in [0.15, 0.2) is 0 Å². The van der Waals surface area contributed by atoms with Crippen molar-refractivity contribution in [1.29, 1.82) is 5.41 Å². The van der Waals surface area contributed by atoms with E-state index >= 15 is 0 Å². The van der Waals surface area contributed by atoms with Crippen molar-refractivity contribution in [3.63, 3.8) is 0 Å². The number of carbonyl (C=O) groups excluding carboxylic acids is 1. The third kappa shape index (κ3) is 4.53. The molecule has 0 aromatic carbocycles. The Labute approximate surface area is 67.3 Å². The van der Waals surface area contributed by atoms with Crippen molar-refractivity contribution in [2.75, 3.05) is 0 Å². The molecule has 1 N–H and O–H groups in total. The minimum Gasteiger partial charge on any atom is -0.462 e. The molecule has 3 nitrogen and oxygen atoms in total. The molecule has 3 heteroatoms. The lowest BCUT2D eigenvalue weighted by Crippen LogP contribution is -2.16. The second kappa shape index (κ2) is 5.89. The van der Waals surface area contributed by atoms with Crippen LogP contribution in [-0.4, -0.2) is 18.3 Å². The molecular weight excluding hydrogens is 142 g/mol. The highest BCUT2D eigenvalue weighted by molar-refractivity contribution is 5.84. The summed E-state index contributed by atoms with van der Waals surface area (Å²) in [5.41, 5.74) is 0. The van der Waals surface area contributed by atoms with Gasteiger partial charge in [0.2, 0.25) is 0 Å². The van der Waals surface area contributed by atoms with Crippen LogP contribution >= 0.6 is 0 Å². The van der Waals surface area contributed by atoms with Crippen LogP contribution in [0.2, 0.25) is 0 Å². The molecule has 0 spiro atoms. The predicted molar refractivity (Wildman–Crippen MR) is 43.9 cm³/mol. The summed E-state index contributed by atoms with van der Waals surface area (Å²) in [6, 6.07) is 0. The van der Waals surface area contributed by atoms with Crippen LogP contribution < -0.4 is 0 Å². The highest BCUT2D eigenvalue weighted by atomic mass is 16.5. The maximum atomic E-state index is 10.8. The van der Waals surface area contributed by atoms with Crippen LogP contribution in [0.5, 0.6) is 0 Å². The Morgan fingerprint density at radius 3 is 2.45 bits per heavy atom. The highest BCUT2D eigenvalue weighted by Gasteiger charge is 2.08. The van der Waals surface area contributed by atoms with Gasteiger partial charge in [0.15, 0.2) is 0 Å². The van der Waals surface area contributed by atoms with Crippen LogP contribution in [0, 0.1) is 5.41 Å². The average Bonchev–Trinajstić information content (AvgIpc) is 2.01.